The van der Waals surface area contributed by atoms with Crippen molar-refractivity contribution < 1.29 is 9.84 Å². The van der Waals surface area contributed by atoms with E-state index < -0.39 is 0 Å². The molecule has 1 spiro atoms. The monoisotopic (exact) mass is 154 g/mol. The van der Waals surface area contributed by atoms with Gasteiger partial charge in [0.15, 0.2) is 0 Å². The first-order valence-electron chi connectivity index (χ1n) is 4.65. The molecule has 3 aliphatic rings. The first-order chi connectivity index (χ1) is 5.33. The van der Waals surface area contributed by atoms with Crippen LogP contribution in [0.2, 0.25) is 0 Å². The molecule has 2 heteroatoms. The zero-order valence-electron chi connectivity index (χ0n) is 6.62. The number of ether oxygens (including phenoxy) is 1. The molecule has 1 aliphatic heterocycles. The van der Waals surface area contributed by atoms with E-state index in [1.165, 1.54) is 19.3 Å². The fraction of sp³-hybridized carbons (Fsp3) is 1.00. The number of hydrogen-bond donors (Lipinski definition) is 1. The number of hydrogen-bond acceptors (Lipinski definition) is 2. The highest BCUT2D eigenvalue weighted by molar-refractivity contribution is 5.13. The molecule has 0 amide bonds. The van der Waals surface area contributed by atoms with Crippen LogP contribution < -0.4 is 0 Å². The van der Waals surface area contributed by atoms with E-state index in [0.717, 1.165) is 13.0 Å². The minimum atomic E-state index is -0.0509. The molecule has 62 valence electrons. The van der Waals surface area contributed by atoms with Gasteiger partial charge in [-0.1, -0.05) is 6.42 Å². The molecule has 1 unspecified atom stereocenters. The lowest BCUT2D eigenvalue weighted by Gasteiger charge is -2.26. The van der Waals surface area contributed by atoms with Crippen LogP contribution >= 0.6 is 0 Å². The van der Waals surface area contributed by atoms with Crippen molar-refractivity contribution >= 4 is 0 Å². The second-order valence-corrected chi connectivity index (χ2v) is 4.28. The van der Waals surface area contributed by atoms with E-state index >= 15 is 0 Å². The third-order valence-electron chi connectivity index (χ3n) is 3.85. The molecule has 0 radical (unpaired) electrons. The van der Waals surface area contributed by atoms with Crippen molar-refractivity contribution in [2.75, 3.05) is 6.61 Å². The minimum absolute atomic E-state index is 0.0509. The van der Waals surface area contributed by atoms with Gasteiger partial charge in [0.25, 0.3) is 0 Å². The van der Waals surface area contributed by atoms with Crippen LogP contribution in [-0.2, 0) is 4.74 Å². The average molecular weight is 154 g/mol. The van der Waals surface area contributed by atoms with Gasteiger partial charge in [-0.05, 0) is 25.2 Å². The molecule has 0 aromatic carbocycles. The lowest BCUT2D eigenvalue weighted by atomic mass is 9.78. The SMILES string of the molecule is OC1C[C@H]2CCC[C@@H]1[C@@]21CO1. The summed E-state index contributed by atoms with van der Waals surface area (Å²) < 4.78 is 5.53. The summed E-state index contributed by atoms with van der Waals surface area (Å²) in [5, 5.41) is 9.69. The van der Waals surface area contributed by atoms with E-state index in [1.807, 2.05) is 0 Å². The van der Waals surface area contributed by atoms with Gasteiger partial charge in [0.2, 0.25) is 0 Å². The Bertz CT molecular complexity index is 186. The maximum Gasteiger partial charge on any atom is 0.0997 e. The summed E-state index contributed by atoms with van der Waals surface area (Å²) in [6.07, 6.45) is 4.73. The average Bonchev–Trinajstić information content (AvgIpc) is 2.70. The Morgan fingerprint density at radius 2 is 2.18 bits per heavy atom. The van der Waals surface area contributed by atoms with Crippen molar-refractivity contribution in [3.63, 3.8) is 0 Å². The normalized spacial score (nSPS) is 60.3. The Labute approximate surface area is 66.5 Å². The quantitative estimate of drug-likeness (QED) is 0.527. The van der Waals surface area contributed by atoms with Gasteiger partial charge >= 0.3 is 0 Å². The number of epoxide rings is 1. The highest BCUT2D eigenvalue weighted by Crippen LogP contribution is 2.58. The molecule has 2 nitrogen and oxygen atoms in total. The van der Waals surface area contributed by atoms with Gasteiger partial charge < -0.3 is 9.84 Å². The molecule has 0 aromatic heterocycles. The Balaban J connectivity index is 1.96. The molecule has 2 aliphatic carbocycles. The lowest BCUT2D eigenvalue weighted by Crippen LogP contribution is -2.32. The zero-order valence-corrected chi connectivity index (χ0v) is 6.62. The van der Waals surface area contributed by atoms with Gasteiger partial charge in [-0.25, -0.2) is 0 Å². The van der Waals surface area contributed by atoms with Crippen LogP contribution in [0.1, 0.15) is 25.7 Å². The van der Waals surface area contributed by atoms with E-state index in [9.17, 15) is 5.11 Å². The molecule has 4 atom stereocenters. The predicted molar refractivity (Wildman–Crippen MR) is 40.1 cm³/mol. The maximum atomic E-state index is 9.69. The van der Waals surface area contributed by atoms with Crippen LogP contribution in [0.4, 0.5) is 0 Å². The fourth-order valence-electron chi connectivity index (χ4n) is 3.20. The van der Waals surface area contributed by atoms with Gasteiger partial charge in [-0.2, -0.15) is 0 Å². The van der Waals surface area contributed by atoms with Crippen LogP contribution in [0.15, 0.2) is 0 Å². The Hall–Kier alpha value is -0.0800. The summed E-state index contributed by atoms with van der Waals surface area (Å²) in [6.45, 7) is 0.930. The third-order valence-corrected chi connectivity index (χ3v) is 3.85. The lowest BCUT2D eigenvalue weighted by molar-refractivity contribution is 0.0833. The summed E-state index contributed by atoms with van der Waals surface area (Å²) in [5.41, 5.74) is 0.178. The summed E-state index contributed by atoms with van der Waals surface area (Å²) in [4.78, 5) is 0. The second kappa shape index (κ2) is 1.80. The Morgan fingerprint density at radius 1 is 1.36 bits per heavy atom. The van der Waals surface area contributed by atoms with Crippen molar-refractivity contribution in [1.29, 1.82) is 0 Å². The van der Waals surface area contributed by atoms with Crippen LogP contribution in [0.3, 0.4) is 0 Å². The Morgan fingerprint density at radius 3 is 2.73 bits per heavy atom. The molecule has 3 rings (SSSR count). The van der Waals surface area contributed by atoms with Crippen molar-refractivity contribution in [2.45, 2.75) is 37.4 Å². The minimum Gasteiger partial charge on any atom is -0.393 e. The molecule has 2 saturated carbocycles. The zero-order chi connectivity index (χ0) is 7.47. The molecule has 0 aromatic rings. The maximum absolute atomic E-state index is 9.69. The molecule has 3 fully saturated rings. The smallest absolute Gasteiger partial charge is 0.0997 e. The van der Waals surface area contributed by atoms with E-state index in [-0.39, 0.29) is 11.7 Å². The van der Waals surface area contributed by atoms with Crippen molar-refractivity contribution in [3.05, 3.63) is 0 Å². The molecule has 1 heterocycles. The fourth-order valence-corrected chi connectivity index (χ4v) is 3.20. The molecular formula is C9H14O2. The van der Waals surface area contributed by atoms with Crippen LogP contribution in [0.5, 0.6) is 0 Å². The topological polar surface area (TPSA) is 32.8 Å². The van der Waals surface area contributed by atoms with Crippen LogP contribution in [0.25, 0.3) is 0 Å². The molecule has 1 N–H and O–H groups in total. The van der Waals surface area contributed by atoms with Gasteiger partial charge in [0, 0.05) is 5.92 Å². The molecule has 2 bridgehead atoms. The predicted octanol–water partition coefficient (Wildman–Crippen LogP) is 0.936. The van der Waals surface area contributed by atoms with Crippen LogP contribution in [-0.4, -0.2) is 23.4 Å². The second-order valence-electron chi connectivity index (χ2n) is 4.28. The molecular weight excluding hydrogens is 140 g/mol. The summed E-state index contributed by atoms with van der Waals surface area (Å²) in [6, 6.07) is 0. The van der Waals surface area contributed by atoms with Gasteiger partial charge in [-0.15, -0.1) is 0 Å². The van der Waals surface area contributed by atoms with Gasteiger partial charge in [-0.3, -0.25) is 0 Å². The van der Waals surface area contributed by atoms with E-state index in [0.29, 0.717) is 11.8 Å². The number of aliphatic hydroxyl groups excluding tert-OH is 1. The highest BCUT2D eigenvalue weighted by Gasteiger charge is 2.64. The standard InChI is InChI=1S/C9H14O2/c10-8-4-6-2-1-3-7(8)9(6)5-11-9/h6-8,10H,1-5H2/t6-,7+,8?,9-/m1/s1. The number of aliphatic hydroxyl groups is 1. The molecule has 11 heavy (non-hydrogen) atoms. The van der Waals surface area contributed by atoms with Gasteiger partial charge in [0.1, 0.15) is 0 Å². The highest BCUT2D eigenvalue weighted by atomic mass is 16.6. The summed E-state index contributed by atoms with van der Waals surface area (Å²) >= 11 is 0. The van der Waals surface area contributed by atoms with Crippen molar-refractivity contribution in [2.24, 2.45) is 11.8 Å². The van der Waals surface area contributed by atoms with Crippen LogP contribution in [0, 0.1) is 11.8 Å². The summed E-state index contributed by atoms with van der Waals surface area (Å²) in [7, 11) is 0. The van der Waals surface area contributed by atoms with E-state index in [4.69, 9.17) is 4.74 Å². The van der Waals surface area contributed by atoms with Crippen molar-refractivity contribution in [1.82, 2.24) is 0 Å². The Kier molecular flexibility index (Phi) is 1.06. The first-order valence-corrected chi connectivity index (χ1v) is 4.65. The van der Waals surface area contributed by atoms with Crippen molar-refractivity contribution in [3.8, 4) is 0 Å². The van der Waals surface area contributed by atoms with E-state index in [1.54, 1.807) is 0 Å². The largest absolute Gasteiger partial charge is 0.393 e. The summed E-state index contributed by atoms with van der Waals surface area (Å²) in [5.74, 6) is 1.18. The molecule has 1 saturated heterocycles. The number of rotatable bonds is 0. The van der Waals surface area contributed by atoms with Gasteiger partial charge in [0.05, 0.1) is 18.3 Å². The first kappa shape index (κ1) is 6.44. The third kappa shape index (κ3) is 0.651. The van der Waals surface area contributed by atoms with E-state index in [2.05, 4.69) is 0 Å².